The van der Waals surface area contributed by atoms with Crippen LogP contribution in [0.1, 0.15) is 5.56 Å². The predicted molar refractivity (Wildman–Crippen MR) is 112 cm³/mol. The van der Waals surface area contributed by atoms with Crippen LogP contribution in [0, 0.1) is 0 Å². The highest BCUT2D eigenvalue weighted by molar-refractivity contribution is 6.35. The van der Waals surface area contributed by atoms with Gasteiger partial charge in [0.1, 0.15) is 13.2 Å². The number of rotatable bonds is 4. The Morgan fingerprint density at radius 3 is 2.11 bits per heavy atom. The quantitative estimate of drug-likeness (QED) is 0.342. The maximum absolute atomic E-state index is 12.7. The minimum atomic E-state index is -0.426. The Morgan fingerprint density at radius 2 is 1.50 bits per heavy atom. The molecular weight excluding hydrogens is 397 g/mol. The molecule has 0 atom stereocenters. The summed E-state index contributed by atoms with van der Waals surface area (Å²) in [5.41, 5.74) is 2.00. The molecule has 4 aromatic rings. The molecule has 0 radical (unpaired) electrons. The van der Waals surface area contributed by atoms with Crippen LogP contribution in [0.5, 0.6) is 0 Å². The van der Waals surface area contributed by atoms with Gasteiger partial charge in [0.2, 0.25) is 0 Å². The van der Waals surface area contributed by atoms with Gasteiger partial charge >= 0.3 is 5.97 Å². The van der Waals surface area contributed by atoms with Gasteiger partial charge in [0.25, 0.3) is 0 Å². The number of nitrogens with zero attached hydrogens (tertiary/aromatic N) is 1. The monoisotopic (exact) mass is 411 g/mol. The van der Waals surface area contributed by atoms with E-state index >= 15 is 0 Å². The normalized spacial score (nSPS) is 11.1. The molecule has 0 N–H and O–H groups in total. The van der Waals surface area contributed by atoms with Crippen LogP contribution in [0.4, 0.5) is 0 Å². The van der Waals surface area contributed by atoms with E-state index in [0.29, 0.717) is 37.4 Å². The van der Waals surface area contributed by atoms with Crippen molar-refractivity contribution in [3.05, 3.63) is 92.6 Å². The first-order valence-corrected chi connectivity index (χ1v) is 9.40. The first kappa shape index (κ1) is 18.5. The molecule has 0 aliphatic rings. The molecule has 140 valence electrons. The van der Waals surface area contributed by atoms with Crippen molar-refractivity contribution >= 4 is 51.0 Å². The van der Waals surface area contributed by atoms with Crippen LogP contribution >= 0.6 is 23.2 Å². The zero-order valence-electron chi connectivity index (χ0n) is 14.7. The minimum Gasteiger partial charge on any atom is -0.459 e. The van der Waals surface area contributed by atoms with Gasteiger partial charge in [-0.3, -0.25) is 9.59 Å². The van der Waals surface area contributed by atoms with Crippen molar-refractivity contribution in [3.63, 3.8) is 0 Å². The first-order valence-electron chi connectivity index (χ1n) is 8.64. The molecule has 4 rings (SSSR count). The van der Waals surface area contributed by atoms with E-state index in [1.54, 1.807) is 34.9 Å². The fourth-order valence-corrected chi connectivity index (χ4v) is 3.68. The van der Waals surface area contributed by atoms with E-state index in [2.05, 4.69) is 0 Å². The summed E-state index contributed by atoms with van der Waals surface area (Å²) in [7, 11) is 0. The maximum atomic E-state index is 12.7. The van der Waals surface area contributed by atoms with Gasteiger partial charge in [-0.15, -0.1) is 0 Å². The summed E-state index contributed by atoms with van der Waals surface area (Å²) >= 11 is 12.0. The number of benzene rings is 3. The second kappa shape index (κ2) is 7.66. The van der Waals surface area contributed by atoms with E-state index in [-0.39, 0.29) is 18.6 Å². The van der Waals surface area contributed by atoms with Gasteiger partial charge in [0.05, 0.1) is 11.0 Å². The minimum absolute atomic E-state index is 0.0213. The number of pyridine rings is 1. The Bertz CT molecular complexity index is 1200. The second-order valence-corrected chi connectivity index (χ2v) is 7.19. The molecule has 0 amide bonds. The number of fused-ring (bicyclic) bond motifs is 2. The number of aromatic nitrogens is 1. The Balaban J connectivity index is 1.67. The van der Waals surface area contributed by atoms with E-state index in [0.717, 1.165) is 0 Å². The molecule has 0 spiro atoms. The Labute approximate surface area is 170 Å². The standard InChI is InChI=1S/C22H15Cl2NO3/c23-15-10-9-14(18(24)11-15)13-28-21(26)12-25-19-7-3-1-5-16(19)22(27)17-6-2-4-8-20(17)25/h1-11H,12-13H2. The Morgan fingerprint density at radius 1 is 0.893 bits per heavy atom. The molecule has 0 unspecified atom stereocenters. The van der Waals surface area contributed by atoms with Gasteiger partial charge in [0, 0.05) is 26.4 Å². The topological polar surface area (TPSA) is 48.3 Å². The molecule has 0 saturated heterocycles. The van der Waals surface area contributed by atoms with Crippen LogP contribution in [0.25, 0.3) is 21.8 Å². The molecule has 28 heavy (non-hydrogen) atoms. The second-order valence-electron chi connectivity index (χ2n) is 6.35. The Hall–Kier alpha value is -2.82. The van der Waals surface area contributed by atoms with Crippen molar-refractivity contribution in [1.29, 1.82) is 0 Å². The number of carbonyl (C=O) groups is 1. The predicted octanol–water partition coefficient (Wildman–Crippen LogP) is 5.20. The lowest BCUT2D eigenvalue weighted by atomic mass is 10.1. The summed E-state index contributed by atoms with van der Waals surface area (Å²) in [6.07, 6.45) is 0. The third-order valence-electron chi connectivity index (χ3n) is 4.57. The zero-order valence-corrected chi connectivity index (χ0v) is 16.2. The fraction of sp³-hybridized carbons (Fsp3) is 0.0909. The first-order chi connectivity index (χ1) is 13.5. The number of hydrogen-bond acceptors (Lipinski definition) is 3. The number of carbonyl (C=O) groups excluding carboxylic acids is 1. The fourth-order valence-electron chi connectivity index (χ4n) is 3.22. The SMILES string of the molecule is O=C(Cn1c2ccccc2c(=O)c2ccccc21)OCc1ccc(Cl)cc1Cl. The molecule has 1 aromatic heterocycles. The van der Waals surface area contributed by atoms with Crippen LogP contribution in [-0.4, -0.2) is 10.5 Å². The summed E-state index contributed by atoms with van der Waals surface area (Å²) in [4.78, 5) is 25.3. The van der Waals surface area contributed by atoms with E-state index in [1.807, 2.05) is 36.4 Å². The molecule has 0 saturated carbocycles. The highest BCUT2D eigenvalue weighted by Gasteiger charge is 2.14. The van der Waals surface area contributed by atoms with Crippen molar-refractivity contribution in [3.8, 4) is 0 Å². The van der Waals surface area contributed by atoms with Crippen LogP contribution in [-0.2, 0) is 22.7 Å². The third-order valence-corrected chi connectivity index (χ3v) is 5.16. The lowest BCUT2D eigenvalue weighted by Crippen LogP contribution is -2.18. The van der Waals surface area contributed by atoms with Crippen LogP contribution in [0.15, 0.2) is 71.5 Å². The van der Waals surface area contributed by atoms with Gasteiger partial charge in [-0.2, -0.15) is 0 Å². The summed E-state index contributed by atoms with van der Waals surface area (Å²) in [5.74, 6) is -0.426. The van der Waals surface area contributed by atoms with Crippen LogP contribution < -0.4 is 5.43 Å². The van der Waals surface area contributed by atoms with Crippen molar-refractivity contribution in [2.24, 2.45) is 0 Å². The van der Waals surface area contributed by atoms with Crippen LogP contribution in [0.2, 0.25) is 10.0 Å². The van der Waals surface area contributed by atoms with E-state index in [9.17, 15) is 9.59 Å². The average Bonchev–Trinajstić information content (AvgIpc) is 2.70. The molecule has 0 bridgehead atoms. The molecule has 6 heteroatoms. The number of esters is 1. The molecule has 0 aliphatic heterocycles. The van der Waals surface area contributed by atoms with Gasteiger partial charge in [-0.1, -0.05) is 53.5 Å². The summed E-state index contributed by atoms with van der Waals surface area (Å²) in [5, 5.41) is 2.09. The highest BCUT2D eigenvalue weighted by Crippen LogP contribution is 2.22. The van der Waals surface area contributed by atoms with Gasteiger partial charge in [0.15, 0.2) is 5.43 Å². The van der Waals surface area contributed by atoms with Gasteiger partial charge < -0.3 is 9.30 Å². The number of hydrogen-bond donors (Lipinski definition) is 0. The lowest BCUT2D eigenvalue weighted by molar-refractivity contribution is -0.145. The molecule has 3 aromatic carbocycles. The van der Waals surface area contributed by atoms with E-state index < -0.39 is 5.97 Å². The third kappa shape index (κ3) is 3.49. The molecule has 1 heterocycles. The summed E-state index contributed by atoms with van der Waals surface area (Å²) in [6.45, 7) is 0.0252. The van der Waals surface area contributed by atoms with E-state index in [4.69, 9.17) is 27.9 Å². The molecule has 4 nitrogen and oxygen atoms in total. The van der Waals surface area contributed by atoms with Gasteiger partial charge in [-0.25, -0.2) is 0 Å². The number of halogens is 2. The molecule has 0 fully saturated rings. The zero-order chi connectivity index (χ0) is 19.7. The van der Waals surface area contributed by atoms with Crippen LogP contribution in [0.3, 0.4) is 0 Å². The largest absolute Gasteiger partial charge is 0.459 e. The Kier molecular flexibility index (Phi) is 5.07. The van der Waals surface area contributed by atoms with Crippen molar-refractivity contribution in [2.45, 2.75) is 13.2 Å². The summed E-state index contributed by atoms with van der Waals surface area (Å²) in [6, 6.07) is 19.5. The number of para-hydroxylation sites is 2. The van der Waals surface area contributed by atoms with Crippen molar-refractivity contribution in [1.82, 2.24) is 4.57 Å². The number of ether oxygens (including phenoxy) is 1. The maximum Gasteiger partial charge on any atom is 0.326 e. The lowest BCUT2D eigenvalue weighted by Gasteiger charge is -2.15. The van der Waals surface area contributed by atoms with Gasteiger partial charge in [-0.05, 0) is 36.4 Å². The van der Waals surface area contributed by atoms with E-state index in [1.165, 1.54) is 0 Å². The average molecular weight is 412 g/mol. The van der Waals surface area contributed by atoms with Crippen molar-refractivity contribution < 1.29 is 9.53 Å². The highest BCUT2D eigenvalue weighted by atomic mass is 35.5. The smallest absolute Gasteiger partial charge is 0.326 e. The molecular formula is C22H15Cl2NO3. The van der Waals surface area contributed by atoms with Crippen molar-refractivity contribution in [2.75, 3.05) is 0 Å². The molecule has 0 aliphatic carbocycles. The summed E-state index contributed by atoms with van der Waals surface area (Å²) < 4.78 is 7.22.